The first-order valence-corrected chi connectivity index (χ1v) is 9.47. The maximum absolute atomic E-state index is 12.7. The fraction of sp³-hybridized carbons (Fsp3) is 0.889. The molecule has 0 radical (unpaired) electrons. The summed E-state index contributed by atoms with van der Waals surface area (Å²) < 4.78 is 0. The second-order valence-corrected chi connectivity index (χ2v) is 7.65. The summed E-state index contributed by atoms with van der Waals surface area (Å²) in [5, 5.41) is 6.61. The molecule has 130 valence electrons. The zero-order chi connectivity index (χ0) is 16.2. The van der Waals surface area contributed by atoms with E-state index >= 15 is 0 Å². The average Bonchev–Trinajstić information content (AvgIpc) is 2.91. The highest BCUT2D eigenvalue weighted by atomic mass is 16.2. The Balaban J connectivity index is 1.48. The molecule has 3 rings (SSSR count). The summed E-state index contributed by atoms with van der Waals surface area (Å²) in [4.78, 5) is 26.8. The topological polar surface area (TPSA) is 61.4 Å². The molecule has 3 heterocycles. The Bertz CT molecular complexity index is 428. The Morgan fingerprint density at radius 2 is 1.91 bits per heavy atom. The number of hydrogen-bond acceptors (Lipinski definition) is 3. The minimum absolute atomic E-state index is 0.0107. The summed E-state index contributed by atoms with van der Waals surface area (Å²) >= 11 is 0. The number of rotatable bonds is 5. The van der Waals surface area contributed by atoms with Crippen molar-refractivity contribution in [2.24, 2.45) is 11.8 Å². The highest BCUT2D eigenvalue weighted by Crippen LogP contribution is 2.33. The number of fused-ring (bicyclic) bond motifs is 2. The summed E-state index contributed by atoms with van der Waals surface area (Å²) in [6.07, 6.45) is 8.35. The van der Waals surface area contributed by atoms with Gasteiger partial charge in [-0.2, -0.15) is 0 Å². The minimum Gasteiger partial charge on any atom is -0.356 e. The molecular formula is C18H31N3O2. The molecule has 0 saturated carbocycles. The number of amides is 2. The zero-order valence-electron chi connectivity index (χ0n) is 14.4. The predicted octanol–water partition coefficient (Wildman–Crippen LogP) is 1.67. The van der Waals surface area contributed by atoms with E-state index in [0.29, 0.717) is 31.0 Å². The first-order chi connectivity index (χ1) is 11.2. The molecule has 5 heteroatoms. The molecule has 3 fully saturated rings. The van der Waals surface area contributed by atoms with Crippen LogP contribution in [0.5, 0.6) is 0 Å². The predicted molar refractivity (Wildman–Crippen MR) is 89.9 cm³/mol. The lowest BCUT2D eigenvalue weighted by atomic mass is 9.88. The summed E-state index contributed by atoms with van der Waals surface area (Å²) in [5.74, 6) is 0.924. The van der Waals surface area contributed by atoms with Gasteiger partial charge in [-0.15, -0.1) is 0 Å². The van der Waals surface area contributed by atoms with E-state index < -0.39 is 0 Å². The van der Waals surface area contributed by atoms with Crippen LogP contribution in [0, 0.1) is 11.8 Å². The van der Waals surface area contributed by atoms with Crippen molar-refractivity contribution < 1.29 is 9.59 Å². The second-order valence-electron chi connectivity index (χ2n) is 7.65. The van der Waals surface area contributed by atoms with Crippen LogP contribution in [0.4, 0.5) is 0 Å². The molecule has 3 unspecified atom stereocenters. The summed E-state index contributed by atoms with van der Waals surface area (Å²) in [7, 11) is 0. The number of likely N-dealkylation sites (tertiary alicyclic amines) is 1. The largest absolute Gasteiger partial charge is 0.356 e. The average molecular weight is 321 g/mol. The van der Waals surface area contributed by atoms with Gasteiger partial charge in [-0.3, -0.25) is 9.59 Å². The lowest BCUT2D eigenvalue weighted by Gasteiger charge is -2.34. The molecular weight excluding hydrogens is 290 g/mol. The first-order valence-electron chi connectivity index (χ1n) is 9.47. The highest BCUT2D eigenvalue weighted by molar-refractivity contribution is 5.81. The van der Waals surface area contributed by atoms with Crippen LogP contribution < -0.4 is 10.6 Å². The number of carbonyl (C=O) groups is 2. The van der Waals surface area contributed by atoms with Gasteiger partial charge in [0.15, 0.2) is 0 Å². The van der Waals surface area contributed by atoms with E-state index in [1.54, 1.807) is 0 Å². The van der Waals surface area contributed by atoms with Gasteiger partial charge < -0.3 is 15.5 Å². The van der Waals surface area contributed by atoms with Crippen LogP contribution in [-0.2, 0) is 9.59 Å². The van der Waals surface area contributed by atoms with Gasteiger partial charge in [0.2, 0.25) is 11.8 Å². The van der Waals surface area contributed by atoms with Crippen LogP contribution in [0.25, 0.3) is 0 Å². The number of nitrogens with one attached hydrogen (secondary N) is 2. The van der Waals surface area contributed by atoms with Gasteiger partial charge in [0, 0.05) is 38.1 Å². The van der Waals surface area contributed by atoms with Crippen LogP contribution in [0.1, 0.15) is 58.3 Å². The number of carbonyl (C=O) groups excluding carboxylic acids is 2. The van der Waals surface area contributed by atoms with Crippen molar-refractivity contribution in [3.05, 3.63) is 0 Å². The molecule has 0 aromatic carbocycles. The number of nitrogens with zero attached hydrogens (tertiary/aromatic N) is 1. The monoisotopic (exact) mass is 321 g/mol. The Labute approximate surface area is 139 Å². The zero-order valence-corrected chi connectivity index (χ0v) is 14.4. The van der Waals surface area contributed by atoms with Gasteiger partial charge in [0.05, 0.1) is 5.92 Å². The molecule has 0 spiro atoms. The van der Waals surface area contributed by atoms with Crippen molar-refractivity contribution in [2.75, 3.05) is 19.6 Å². The van der Waals surface area contributed by atoms with Crippen molar-refractivity contribution >= 4 is 11.8 Å². The lowest BCUT2D eigenvalue weighted by Crippen LogP contribution is -2.46. The van der Waals surface area contributed by atoms with Crippen molar-refractivity contribution in [2.45, 2.75) is 70.4 Å². The van der Waals surface area contributed by atoms with E-state index in [1.807, 2.05) is 4.90 Å². The van der Waals surface area contributed by atoms with Crippen LogP contribution in [0.3, 0.4) is 0 Å². The van der Waals surface area contributed by atoms with Crippen molar-refractivity contribution in [3.63, 3.8) is 0 Å². The van der Waals surface area contributed by atoms with Gasteiger partial charge in [-0.1, -0.05) is 6.92 Å². The standard InChI is InChI=1S/C18H31N3O2/c1-2-7-19-18(23)14-4-3-8-21(12-14)17(22)11-13-9-15-5-6-16(10-13)20-15/h13-16,20H,2-12H2,1H3,(H,19,23). The molecule has 2 amide bonds. The third-order valence-corrected chi connectivity index (χ3v) is 5.73. The summed E-state index contributed by atoms with van der Waals surface area (Å²) in [5.41, 5.74) is 0. The van der Waals surface area contributed by atoms with Gasteiger partial charge in [0.25, 0.3) is 0 Å². The molecule has 23 heavy (non-hydrogen) atoms. The molecule has 0 aromatic heterocycles. The maximum atomic E-state index is 12.7. The van der Waals surface area contributed by atoms with Crippen molar-refractivity contribution in [1.82, 2.24) is 15.5 Å². The normalized spacial score (nSPS) is 33.5. The minimum atomic E-state index is -0.0107. The van der Waals surface area contributed by atoms with Crippen LogP contribution in [-0.4, -0.2) is 48.4 Å². The fourth-order valence-electron chi connectivity index (χ4n) is 4.53. The Morgan fingerprint density at radius 3 is 2.61 bits per heavy atom. The van der Waals surface area contributed by atoms with Gasteiger partial charge in [0.1, 0.15) is 0 Å². The second kappa shape index (κ2) is 7.65. The highest BCUT2D eigenvalue weighted by Gasteiger charge is 2.35. The molecule has 3 aliphatic heterocycles. The first kappa shape index (κ1) is 16.7. The van der Waals surface area contributed by atoms with Crippen molar-refractivity contribution in [1.29, 1.82) is 0 Å². The molecule has 3 atom stereocenters. The third kappa shape index (κ3) is 4.25. The number of piperidine rings is 2. The van der Waals surface area contributed by atoms with E-state index in [4.69, 9.17) is 0 Å². The van der Waals surface area contributed by atoms with Crippen LogP contribution in [0.2, 0.25) is 0 Å². The molecule has 0 aliphatic carbocycles. The third-order valence-electron chi connectivity index (χ3n) is 5.73. The maximum Gasteiger partial charge on any atom is 0.224 e. The molecule has 2 N–H and O–H groups in total. The summed E-state index contributed by atoms with van der Waals surface area (Å²) in [6, 6.07) is 1.28. The van der Waals surface area contributed by atoms with E-state index in [9.17, 15) is 9.59 Å². The van der Waals surface area contributed by atoms with Crippen LogP contribution in [0.15, 0.2) is 0 Å². The SMILES string of the molecule is CCCNC(=O)C1CCCN(C(=O)CC2CC3CCC(C2)N3)C1. The smallest absolute Gasteiger partial charge is 0.224 e. The molecule has 2 bridgehead atoms. The van der Waals surface area contributed by atoms with Gasteiger partial charge in [-0.25, -0.2) is 0 Å². The fourth-order valence-corrected chi connectivity index (χ4v) is 4.53. The van der Waals surface area contributed by atoms with Gasteiger partial charge >= 0.3 is 0 Å². The Hall–Kier alpha value is -1.10. The molecule has 0 aromatic rings. The van der Waals surface area contributed by atoms with E-state index in [-0.39, 0.29) is 17.7 Å². The quantitative estimate of drug-likeness (QED) is 0.810. The Kier molecular flexibility index (Phi) is 5.57. The van der Waals surface area contributed by atoms with Crippen LogP contribution >= 0.6 is 0 Å². The molecule has 5 nitrogen and oxygen atoms in total. The summed E-state index contributed by atoms with van der Waals surface area (Å²) in [6.45, 7) is 4.24. The Morgan fingerprint density at radius 1 is 1.17 bits per heavy atom. The molecule has 3 aliphatic rings. The van der Waals surface area contributed by atoms with Crippen molar-refractivity contribution in [3.8, 4) is 0 Å². The van der Waals surface area contributed by atoms with Gasteiger partial charge in [-0.05, 0) is 50.9 Å². The van der Waals surface area contributed by atoms with E-state index in [1.165, 1.54) is 12.8 Å². The molecule has 3 saturated heterocycles. The van der Waals surface area contributed by atoms with E-state index in [0.717, 1.165) is 45.2 Å². The number of hydrogen-bond donors (Lipinski definition) is 2. The van der Waals surface area contributed by atoms with E-state index in [2.05, 4.69) is 17.6 Å². The lowest BCUT2D eigenvalue weighted by molar-refractivity contribution is -0.136.